The third-order valence-electron chi connectivity index (χ3n) is 2.07. The third kappa shape index (κ3) is 1.08. The van der Waals surface area contributed by atoms with Crippen molar-refractivity contribution in [3.05, 3.63) is 0 Å². The lowest BCUT2D eigenvalue weighted by Crippen LogP contribution is -2.40. The number of hydrogen-bond acceptors (Lipinski definition) is 3. The van der Waals surface area contributed by atoms with Gasteiger partial charge in [-0.15, -0.1) is 0 Å². The van der Waals surface area contributed by atoms with Gasteiger partial charge >= 0.3 is 6.09 Å². The Morgan fingerprint density at radius 3 is 2.18 bits per heavy atom. The zero-order chi connectivity index (χ0) is 8.65. The summed E-state index contributed by atoms with van der Waals surface area (Å²) in [5.74, 6) is -0.355. The molecular formula is C7H11NO3. The van der Waals surface area contributed by atoms with Gasteiger partial charge in [0.15, 0.2) is 5.60 Å². The summed E-state index contributed by atoms with van der Waals surface area (Å²) in [5, 5.41) is 2.09. The van der Waals surface area contributed by atoms with Crippen molar-refractivity contribution in [3.63, 3.8) is 0 Å². The number of ether oxygens (including phenoxy) is 1. The number of cyclic esters (lactones) is 1. The van der Waals surface area contributed by atoms with E-state index in [4.69, 9.17) is 4.74 Å². The molecule has 4 heteroatoms. The summed E-state index contributed by atoms with van der Waals surface area (Å²) in [6, 6.07) is 0. The fraction of sp³-hybridized carbons (Fsp3) is 0.714. The minimum absolute atomic E-state index is 0.00560. The maximum atomic E-state index is 11.1. The molecule has 1 aliphatic heterocycles. The predicted octanol–water partition coefficient (Wildman–Crippen LogP) is 0.667. The molecule has 1 heterocycles. The van der Waals surface area contributed by atoms with Crippen LogP contribution in [0.5, 0.6) is 0 Å². The summed E-state index contributed by atoms with van der Waals surface area (Å²) in [7, 11) is 0. The summed E-state index contributed by atoms with van der Waals surface area (Å²) in [6.45, 7) is 5.27. The largest absolute Gasteiger partial charge is 0.433 e. The Bertz CT molecular complexity index is 212. The summed E-state index contributed by atoms with van der Waals surface area (Å²) in [4.78, 5) is 21.7. The molecule has 0 saturated carbocycles. The molecule has 0 aliphatic carbocycles. The summed E-state index contributed by atoms with van der Waals surface area (Å²) in [6.07, 6.45) is -0.647. The van der Waals surface area contributed by atoms with Gasteiger partial charge in [-0.05, 0) is 6.92 Å². The average Bonchev–Trinajstić information content (AvgIpc) is 2.08. The summed E-state index contributed by atoms with van der Waals surface area (Å²) >= 11 is 0. The highest BCUT2D eigenvalue weighted by molar-refractivity contribution is 6.02. The first kappa shape index (κ1) is 8.04. The van der Waals surface area contributed by atoms with Crippen LogP contribution in [0.25, 0.3) is 0 Å². The quantitative estimate of drug-likeness (QED) is 0.608. The third-order valence-corrected chi connectivity index (χ3v) is 2.07. The normalized spacial score (nSPS) is 30.5. The molecule has 1 rings (SSSR count). The van der Waals surface area contributed by atoms with Crippen molar-refractivity contribution in [3.8, 4) is 0 Å². The maximum absolute atomic E-state index is 11.1. The van der Waals surface area contributed by atoms with Crippen molar-refractivity contribution >= 4 is 12.0 Å². The number of imide groups is 1. The summed E-state index contributed by atoms with van der Waals surface area (Å²) < 4.78 is 4.82. The lowest BCUT2D eigenvalue weighted by Gasteiger charge is -2.22. The number of carbonyl (C=O) groups excluding carboxylic acids is 2. The van der Waals surface area contributed by atoms with Crippen LogP contribution in [0.2, 0.25) is 0 Å². The van der Waals surface area contributed by atoms with Crippen molar-refractivity contribution in [2.45, 2.75) is 26.4 Å². The maximum Gasteiger partial charge on any atom is 0.415 e. The van der Waals surface area contributed by atoms with Crippen LogP contribution in [0, 0.1) is 5.92 Å². The molecule has 1 aliphatic rings. The molecule has 11 heavy (non-hydrogen) atoms. The molecule has 0 bridgehead atoms. The highest BCUT2D eigenvalue weighted by Gasteiger charge is 2.47. The van der Waals surface area contributed by atoms with E-state index >= 15 is 0 Å². The van der Waals surface area contributed by atoms with Gasteiger partial charge in [0.2, 0.25) is 0 Å². The fourth-order valence-corrected chi connectivity index (χ4v) is 0.861. The first-order chi connectivity index (χ1) is 4.97. The highest BCUT2D eigenvalue weighted by atomic mass is 16.6. The van der Waals surface area contributed by atoms with E-state index in [-0.39, 0.29) is 11.8 Å². The lowest BCUT2D eigenvalue weighted by atomic mass is 9.92. The van der Waals surface area contributed by atoms with Gasteiger partial charge in [0, 0.05) is 5.92 Å². The zero-order valence-corrected chi connectivity index (χ0v) is 6.80. The molecule has 1 atom stereocenters. The van der Waals surface area contributed by atoms with Gasteiger partial charge < -0.3 is 4.74 Å². The van der Waals surface area contributed by atoms with Gasteiger partial charge in [0.1, 0.15) is 0 Å². The molecule has 1 N–H and O–H groups in total. The van der Waals surface area contributed by atoms with Crippen LogP contribution < -0.4 is 5.32 Å². The van der Waals surface area contributed by atoms with E-state index in [1.165, 1.54) is 0 Å². The van der Waals surface area contributed by atoms with Gasteiger partial charge in [-0.3, -0.25) is 10.1 Å². The van der Waals surface area contributed by atoms with Gasteiger partial charge in [-0.25, -0.2) is 4.79 Å². The van der Waals surface area contributed by atoms with Crippen molar-refractivity contribution in [2.24, 2.45) is 5.92 Å². The Balaban J connectivity index is 2.87. The number of rotatable bonds is 1. The monoisotopic (exact) mass is 157 g/mol. The number of alkyl carbamates (subject to hydrolysis) is 1. The van der Waals surface area contributed by atoms with Gasteiger partial charge in [-0.1, -0.05) is 13.8 Å². The number of carbonyl (C=O) groups is 2. The average molecular weight is 157 g/mol. The van der Waals surface area contributed by atoms with E-state index in [1.807, 2.05) is 13.8 Å². The van der Waals surface area contributed by atoms with E-state index in [0.29, 0.717) is 0 Å². The van der Waals surface area contributed by atoms with Crippen LogP contribution >= 0.6 is 0 Å². The van der Waals surface area contributed by atoms with E-state index in [9.17, 15) is 9.59 Å². The molecule has 0 spiro atoms. The second-order valence-corrected chi connectivity index (χ2v) is 3.11. The van der Waals surface area contributed by atoms with Crippen LogP contribution in [0.3, 0.4) is 0 Å². The standard InChI is InChI=1S/C7H11NO3/c1-4(2)7(3)5(9)8-6(10)11-7/h4H,1-3H3,(H,8,9,10). The van der Waals surface area contributed by atoms with Crippen LogP contribution in [-0.2, 0) is 9.53 Å². The Hall–Kier alpha value is -1.06. The minimum atomic E-state index is -0.975. The fourth-order valence-electron chi connectivity index (χ4n) is 0.861. The molecule has 0 aromatic carbocycles. The highest BCUT2D eigenvalue weighted by Crippen LogP contribution is 2.25. The SMILES string of the molecule is CC(C)C1(C)OC(=O)NC1=O. The Kier molecular flexibility index (Phi) is 1.62. The first-order valence-corrected chi connectivity index (χ1v) is 3.51. The van der Waals surface area contributed by atoms with Gasteiger partial charge in [0.05, 0.1) is 0 Å². The van der Waals surface area contributed by atoms with Crippen molar-refractivity contribution in [1.82, 2.24) is 5.32 Å². The molecule has 0 aromatic heterocycles. The topological polar surface area (TPSA) is 55.4 Å². The second-order valence-electron chi connectivity index (χ2n) is 3.11. The van der Waals surface area contributed by atoms with Crippen molar-refractivity contribution in [2.75, 3.05) is 0 Å². The van der Waals surface area contributed by atoms with Crippen molar-refractivity contribution < 1.29 is 14.3 Å². The second kappa shape index (κ2) is 2.22. The first-order valence-electron chi connectivity index (χ1n) is 3.51. The molecule has 1 unspecified atom stereocenters. The van der Waals surface area contributed by atoms with E-state index in [0.717, 1.165) is 0 Å². The molecule has 0 aromatic rings. The van der Waals surface area contributed by atoms with Crippen LogP contribution in [-0.4, -0.2) is 17.6 Å². The van der Waals surface area contributed by atoms with Crippen LogP contribution in [0.4, 0.5) is 4.79 Å². The number of nitrogens with one attached hydrogen (secondary N) is 1. The number of amides is 2. The number of hydrogen-bond donors (Lipinski definition) is 1. The Morgan fingerprint density at radius 1 is 1.45 bits per heavy atom. The summed E-state index contributed by atoms with van der Waals surface area (Å²) in [5.41, 5.74) is -0.975. The predicted molar refractivity (Wildman–Crippen MR) is 37.9 cm³/mol. The molecule has 62 valence electrons. The molecule has 1 saturated heterocycles. The van der Waals surface area contributed by atoms with Crippen molar-refractivity contribution in [1.29, 1.82) is 0 Å². The molecule has 1 fully saturated rings. The Morgan fingerprint density at radius 2 is 2.00 bits per heavy atom. The lowest BCUT2D eigenvalue weighted by molar-refractivity contribution is -0.133. The Labute approximate surface area is 64.9 Å². The smallest absolute Gasteiger partial charge is 0.415 e. The van der Waals surface area contributed by atoms with Crippen LogP contribution in [0.1, 0.15) is 20.8 Å². The molecular weight excluding hydrogens is 146 g/mol. The van der Waals surface area contributed by atoms with E-state index < -0.39 is 11.7 Å². The molecule has 2 amide bonds. The minimum Gasteiger partial charge on any atom is -0.433 e. The zero-order valence-electron chi connectivity index (χ0n) is 6.80. The van der Waals surface area contributed by atoms with E-state index in [2.05, 4.69) is 5.32 Å². The molecule has 4 nitrogen and oxygen atoms in total. The van der Waals surface area contributed by atoms with Gasteiger partial charge in [-0.2, -0.15) is 0 Å². The van der Waals surface area contributed by atoms with Gasteiger partial charge in [0.25, 0.3) is 5.91 Å². The molecule has 0 radical (unpaired) electrons. The van der Waals surface area contributed by atoms with E-state index in [1.54, 1.807) is 6.92 Å². The van der Waals surface area contributed by atoms with Crippen LogP contribution in [0.15, 0.2) is 0 Å².